The molecule has 1 aromatic carbocycles. The second-order valence-corrected chi connectivity index (χ2v) is 9.42. The largest absolute Gasteiger partial charge is 0.461 e. The Labute approximate surface area is 180 Å². The standard InChI is InChI=1S/C20H24ClN3O5S/c1-4-29-20(26)18-11-15(12-23(18)3)30(27,28)24-9-5-6-17(24)19(25)22-14-8-7-13(2)16(21)10-14/h7-8,10-12,17H,4-6,9H2,1-3H3,(H,22,25)/t17-/m0/s1. The predicted molar refractivity (Wildman–Crippen MR) is 113 cm³/mol. The van der Waals surface area contributed by atoms with Crippen molar-refractivity contribution in [2.24, 2.45) is 7.05 Å². The Morgan fingerprint density at radius 1 is 1.30 bits per heavy atom. The van der Waals surface area contributed by atoms with E-state index in [4.69, 9.17) is 16.3 Å². The molecule has 2 heterocycles. The van der Waals surface area contributed by atoms with Crippen LogP contribution in [0, 0.1) is 6.92 Å². The van der Waals surface area contributed by atoms with Gasteiger partial charge in [-0.1, -0.05) is 17.7 Å². The molecule has 8 nitrogen and oxygen atoms in total. The predicted octanol–water partition coefficient (Wildman–Crippen LogP) is 2.96. The van der Waals surface area contributed by atoms with E-state index in [0.717, 1.165) is 5.56 Å². The Kier molecular flexibility index (Phi) is 6.54. The summed E-state index contributed by atoms with van der Waals surface area (Å²) in [7, 11) is -2.40. The smallest absolute Gasteiger partial charge is 0.354 e. The molecule has 1 aromatic heterocycles. The van der Waals surface area contributed by atoms with Gasteiger partial charge in [0.2, 0.25) is 15.9 Å². The number of rotatable bonds is 6. The number of aromatic nitrogens is 1. The number of amides is 1. The normalized spacial score (nSPS) is 17.1. The van der Waals surface area contributed by atoms with Crippen molar-refractivity contribution in [3.63, 3.8) is 0 Å². The lowest BCUT2D eigenvalue weighted by Gasteiger charge is -2.23. The number of hydrogen-bond acceptors (Lipinski definition) is 5. The Balaban J connectivity index is 1.83. The highest BCUT2D eigenvalue weighted by Crippen LogP contribution is 2.29. The van der Waals surface area contributed by atoms with Crippen LogP contribution in [0.4, 0.5) is 5.69 Å². The molecule has 0 aliphatic carbocycles. The number of carbonyl (C=O) groups is 2. The zero-order valence-corrected chi connectivity index (χ0v) is 18.6. The minimum atomic E-state index is -3.97. The quantitative estimate of drug-likeness (QED) is 0.678. The number of halogens is 1. The van der Waals surface area contributed by atoms with Crippen molar-refractivity contribution >= 4 is 39.2 Å². The number of benzene rings is 1. The molecule has 0 radical (unpaired) electrons. The molecule has 1 N–H and O–H groups in total. The minimum absolute atomic E-state index is 0.0499. The molecular weight excluding hydrogens is 430 g/mol. The Morgan fingerprint density at radius 3 is 2.70 bits per heavy atom. The third-order valence-corrected chi connectivity index (χ3v) is 7.30. The highest BCUT2D eigenvalue weighted by Gasteiger charge is 2.40. The number of ether oxygens (including phenoxy) is 1. The van der Waals surface area contributed by atoms with Crippen molar-refractivity contribution in [3.05, 3.63) is 46.7 Å². The Morgan fingerprint density at radius 2 is 2.03 bits per heavy atom. The maximum Gasteiger partial charge on any atom is 0.354 e. The molecule has 1 amide bonds. The van der Waals surface area contributed by atoms with E-state index >= 15 is 0 Å². The number of hydrogen-bond donors (Lipinski definition) is 1. The molecule has 2 aromatic rings. The van der Waals surface area contributed by atoms with Crippen LogP contribution < -0.4 is 5.32 Å². The summed E-state index contributed by atoms with van der Waals surface area (Å²) in [5, 5.41) is 3.26. The van der Waals surface area contributed by atoms with E-state index in [-0.39, 0.29) is 23.7 Å². The average Bonchev–Trinajstić information content (AvgIpc) is 3.32. The number of esters is 1. The maximum absolute atomic E-state index is 13.2. The number of sulfonamides is 1. The summed E-state index contributed by atoms with van der Waals surface area (Å²) in [6, 6.07) is 5.56. The molecule has 1 aliphatic heterocycles. The summed E-state index contributed by atoms with van der Waals surface area (Å²) in [5.41, 5.74) is 1.51. The van der Waals surface area contributed by atoms with Gasteiger partial charge in [0.1, 0.15) is 16.6 Å². The SMILES string of the molecule is CCOC(=O)c1cc(S(=O)(=O)N2CCC[C@H]2C(=O)Nc2ccc(C)c(Cl)c2)cn1C. The number of nitrogens with one attached hydrogen (secondary N) is 1. The van der Waals surface area contributed by atoms with Crippen LogP contribution in [-0.4, -0.2) is 48.4 Å². The number of carbonyl (C=O) groups excluding carboxylic acids is 2. The van der Waals surface area contributed by atoms with Crippen LogP contribution in [0.25, 0.3) is 0 Å². The highest BCUT2D eigenvalue weighted by atomic mass is 35.5. The van der Waals surface area contributed by atoms with Gasteiger partial charge in [-0.25, -0.2) is 13.2 Å². The molecule has 30 heavy (non-hydrogen) atoms. The van der Waals surface area contributed by atoms with Gasteiger partial charge in [0.25, 0.3) is 0 Å². The lowest BCUT2D eigenvalue weighted by molar-refractivity contribution is -0.119. The summed E-state index contributed by atoms with van der Waals surface area (Å²) < 4.78 is 34.0. The van der Waals surface area contributed by atoms with Gasteiger partial charge >= 0.3 is 5.97 Å². The zero-order valence-electron chi connectivity index (χ0n) is 17.0. The van der Waals surface area contributed by atoms with Crippen molar-refractivity contribution < 1.29 is 22.7 Å². The third kappa shape index (κ3) is 4.38. The molecule has 1 saturated heterocycles. The van der Waals surface area contributed by atoms with Gasteiger partial charge in [0.05, 0.1) is 6.61 Å². The maximum atomic E-state index is 13.2. The van der Waals surface area contributed by atoms with Gasteiger partial charge in [0.15, 0.2) is 0 Å². The summed E-state index contributed by atoms with van der Waals surface area (Å²) in [5.74, 6) is -1.02. The molecule has 0 saturated carbocycles. The van der Waals surface area contributed by atoms with Crippen molar-refractivity contribution in [2.45, 2.75) is 37.6 Å². The fraction of sp³-hybridized carbons (Fsp3) is 0.400. The first-order valence-corrected chi connectivity index (χ1v) is 11.4. The van der Waals surface area contributed by atoms with E-state index in [2.05, 4.69) is 5.32 Å². The van der Waals surface area contributed by atoms with Crippen molar-refractivity contribution in [2.75, 3.05) is 18.5 Å². The summed E-state index contributed by atoms with van der Waals surface area (Å²) in [4.78, 5) is 24.8. The minimum Gasteiger partial charge on any atom is -0.461 e. The first-order chi connectivity index (χ1) is 14.1. The van der Waals surface area contributed by atoms with Gasteiger partial charge < -0.3 is 14.6 Å². The molecule has 10 heteroatoms. The lowest BCUT2D eigenvalue weighted by atomic mass is 10.2. The van der Waals surface area contributed by atoms with E-state index in [1.807, 2.05) is 6.92 Å². The van der Waals surface area contributed by atoms with E-state index in [0.29, 0.717) is 23.6 Å². The first kappa shape index (κ1) is 22.3. The molecule has 0 spiro atoms. The first-order valence-electron chi connectivity index (χ1n) is 9.57. The van der Waals surface area contributed by atoms with Crippen LogP contribution in [0.2, 0.25) is 5.02 Å². The van der Waals surface area contributed by atoms with Crippen LogP contribution in [0.5, 0.6) is 0 Å². The van der Waals surface area contributed by atoms with Gasteiger partial charge in [-0.2, -0.15) is 4.31 Å². The van der Waals surface area contributed by atoms with Crippen LogP contribution in [0.15, 0.2) is 35.4 Å². The highest BCUT2D eigenvalue weighted by molar-refractivity contribution is 7.89. The van der Waals surface area contributed by atoms with E-state index in [9.17, 15) is 18.0 Å². The second kappa shape index (κ2) is 8.79. The fourth-order valence-corrected chi connectivity index (χ4v) is 5.31. The molecule has 1 aliphatic rings. The Hall–Kier alpha value is -2.36. The monoisotopic (exact) mass is 453 g/mol. The molecule has 162 valence electrons. The van der Waals surface area contributed by atoms with Crippen molar-refractivity contribution in [1.82, 2.24) is 8.87 Å². The van der Waals surface area contributed by atoms with Crippen LogP contribution in [0.3, 0.4) is 0 Å². The lowest BCUT2D eigenvalue weighted by Crippen LogP contribution is -2.43. The summed E-state index contributed by atoms with van der Waals surface area (Å²) >= 11 is 6.11. The molecule has 1 atom stereocenters. The van der Waals surface area contributed by atoms with Gasteiger partial charge in [0, 0.05) is 30.5 Å². The van der Waals surface area contributed by atoms with Gasteiger partial charge in [-0.15, -0.1) is 0 Å². The van der Waals surface area contributed by atoms with E-state index in [1.165, 1.54) is 21.1 Å². The topological polar surface area (TPSA) is 97.7 Å². The summed E-state index contributed by atoms with van der Waals surface area (Å²) in [6.07, 6.45) is 2.32. The molecule has 0 bridgehead atoms. The second-order valence-electron chi connectivity index (χ2n) is 7.12. The average molecular weight is 454 g/mol. The van der Waals surface area contributed by atoms with E-state index in [1.54, 1.807) is 32.2 Å². The zero-order chi connectivity index (χ0) is 22.1. The number of aryl methyl sites for hydroxylation is 2. The van der Waals surface area contributed by atoms with E-state index < -0.39 is 27.9 Å². The van der Waals surface area contributed by atoms with Crippen LogP contribution in [-0.2, 0) is 26.6 Å². The van der Waals surface area contributed by atoms with Gasteiger partial charge in [-0.05, 0) is 50.5 Å². The molecular formula is C20H24ClN3O5S. The third-order valence-electron chi connectivity index (χ3n) is 5.02. The molecule has 3 rings (SSSR count). The number of anilines is 1. The Bertz CT molecular complexity index is 1080. The molecule has 0 unspecified atom stereocenters. The number of nitrogens with zero attached hydrogens (tertiary/aromatic N) is 2. The summed E-state index contributed by atoms with van der Waals surface area (Å²) in [6.45, 7) is 3.93. The fourth-order valence-electron chi connectivity index (χ4n) is 3.40. The molecule has 1 fully saturated rings. The van der Waals surface area contributed by atoms with Crippen molar-refractivity contribution in [1.29, 1.82) is 0 Å². The van der Waals surface area contributed by atoms with Crippen LogP contribution in [0.1, 0.15) is 35.8 Å². The van der Waals surface area contributed by atoms with Crippen LogP contribution >= 0.6 is 11.6 Å². The van der Waals surface area contributed by atoms with Crippen molar-refractivity contribution in [3.8, 4) is 0 Å². The van der Waals surface area contributed by atoms with Gasteiger partial charge in [-0.3, -0.25) is 4.79 Å².